The van der Waals surface area contributed by atoms with Gasteiger partial charge in [0.2, 0.25) is 0 Å². The van der Waals surface area contributed by atoms with Gasteiger partial charge in [-0.15, -0.1) is 0 Å². The van der Waals surface area contributed by atoms with Gasteiger partial charge in [0.1, 0.15) is 0 Å². The van der Waals surface area contributed by atoms with Crippen molar-refractivity contribution in [2.24, 2.45) is 0 Å². The summed E-state index contributed by atoms with van der Waals surface area (Å²) in [5.41, 5.74) is 0.359. The van der Waals surface area contributed by atoms with Crippen molar-refractivity contribution in [1.82, 2.24) is 5.32 Å². The molecule has 0 heterocycles. The van der Waals surface area contributed by atoms with Gasteiger partial charge in [0.05, 0.1) is 0 Å². The van der Waals surface area contributed by atoms with E-state index in [9.17, 15) is 0 Å². The van der Waals surface area contributed by atoms with Crippen molar-refractivity contribution >= 4 is 11.6 Å². The molecule has 0 aromatic heterocycles. The molecule has 1 fully saturated rings. The summed E-state index contributed by atoms with van der Waals surface area (Å²) in [7, 11) is 0. The third-order valence-electron chi connectivity index (χ3n) is 2.16. The van der Waals surface area contributed by atoms with Gasteiger partial charge in [0.15, 0.2) is 0 Å². The van der Waals surface area contributed by atoms with Crippen LogP contribution in [0.15, 0.2) is 11.6 Å². The van der Waals surface area contributed by atoms with Crippen molar-refractivity contribution in [2.45, 2.75) is 31.7 Å². The van der Waals surface area contributed by atoms with Gasteiger partial charge in [-0.25, -0.2) is 0 Å². The van der Waals surface area contributed by atoms with Crippen molar-refractivity contribution in [1.29, 1.82) is 0 Å². The van der Waals surface area contributed by atoms with Crippen LogP contribution in [0.25, 0.3) is 0 Å². The molecule has 1 N–H and O–H groups in total. The zero-order valence-corrected chi connectivity index (χ0v) is 7.17. The smallest absolute Gasteiger partial charge is 0.0312 e. The molecule has 0 aromatic rings. The van der Waals surface area contributed by atoms with Crippen molar-refractivity contribution in [2.75, 3.05) is 6.54 Å². The lowest BCUT2D eigenvalue weighted by Crippen LogP contribution is -2.48. The molecule has 0 unspecified atom stereocenters. The third-order valence-corrected chi connectivity index (χ3v) is 2.30. The molecule has 1 rings (SSSR count). The van der Waals surface area contributed by atoms with E-state index < -0.39 is 0 Å². The zero-order valence-electron chi connectivity index (χ0n) is 6.41. The van der Waals surface area contributed by atoms with Crippen molar-refractivity contribution < 1.29 is 0 Å². The van der Waals surface area contributed by atoms with E-state index in [1.165, 1.54) is 19.3 Å². The fourth-order valence-corrected chi connectivity index (χ4v) is 1.26. The Balaban J connectivity index is 2.18. The van der Waals surface area contributed by atoms with Gasteiger partial charge in [-0.2, -0.15) is 0 Å². The van der Waals surface area contributed by atoms with Gasteiger partial charge >= 0.3 is 0 Å². The van der Waals surface area contributed by atoms with Gasteiger partial charge < -0.3 is 5.32 Å². The normalized spacial score (nSPS) is 21.8. The van der Waals surface area contributed by atoms with E-state index >= 15 is 0 Å². The molecule has 1 aliphatic carbocycles. The van der Waals surface area contributed by atoms with Crippen LogP contribution in [0.3, 0.4) is 0 Å². The SMILES string of the molecule is C=C(Cl)CNC1(C)CCC1. The van der Waals surface area contributed by atoms with Crippen LogP contribution < -0.4 is 5.32 Å². The Morgan fingerprint density at radius 1 is 1.70 bits per heavy atom. The highest BCUT2D eigenvalue weighted by atomic mass is 35.5. The lowest BCUT2D eigenvalue weighted by molar-refractivity contribution is 0.216. The molecule has 0 aromatic carbocycles. The van der Waals surface area contributed by atoms with E-state index in [0.29, 0.717) is 10.6 Å². The van der Waals surface area contributed by atoms with Gasteiger partial charge in [0, 0.05) is 17.1 Å². The molecule has 0 aliphatic heterocycles. The molecule has 10 heavy (non-hydrogen) atoms. The maximum atomic E-state index is 5.61. The van der Waals surface area contributed by atoms with Crippen LogP contribution in [-0.2, 0) is 0 Å². The maximum absolute atomic E-state index is 5.61. The Morgan fingerprint density at radius 3 is 2.60 bits per heavy atom. The van der Waals surface area contributed by atoms with Gasteiger partial charge in [-0.3, -0.25) is 0 Å². The summed E-state index contributed by atoms with van der Waals surface area (Å²) < 4.78 is 0. The molecular formula is C8H14ClN. The van der Waals surface area contributed by atoms with Gasteiger partial charge in [0.25, 0.3) is 0 Å². The summed E-state index contributed by atoms with van der Waals surface area (Å²) in [6.07, 6.45) is 3.90. The second kappa shape index (κ2) is 2.93. The fraction of sp³-hybridized carbons (Fsp3) is 0.750. The predicted octanol–water partition coefficient (Wildman–Crippen LogP) is 2.27. The highest BCUT2D eigenvalue weighted by Crippen LogP contribution is 2.30. The Bertz CT molecular complexity index is 138. The van der Waals surface area contributed by atoms with Crippen LogP contribution in [0, 0.1) is 0 Å². The first-order chi connectivity index (χ1) is 4.62. The van der Waals surface area contributed by atoms with Crippen molar-refractivity contribution in [3.8, 4) is 0 Å². The molecule has 0 spiro atoms. The average Bonchev–Trinajstić information content (AvgIpc) is 1.79. The molecular weight excluding hydrogens is 146 g/mol. The van der Waals surface area contributed by atoms with E-state index in [-0.39, 0.29) is 0 Å². The molecule has 2 heteroatoms. The molecule has 0 amide bonds. The quantitative estimate of drug-likeness (QED) is 0.666. The number of hydrogen-bond donors (Lipinski definition) is 1. The van der Waals surface area contributed by atoms with E-state index in [2.05, 4.69) is 18.8 Å². The first kappa shape index (κ1) is 8.09. The Kier molecular flexibility index (Phi) is 2.37. The summed E-state index contributed by atoms with van der Waals surface area (Å²) in [6, 6.07) is 0. The number of halogens is 1. The third kappa shape index (κ3) is 1.99. The Hall–Kier alpha value is -0.0100. The van der Waals surface area contributed by atoms with Crippen LogP contribution in [0.1, 0.15) is 26.2 Å². The lowest BCUT2D eigenvalue weighted by Gasteiger charge is -2.39. The standard InChI is InChI=1S/C8H14ClN/c1-7(9)6-10-8(2)4-3-5-8/h10H,1,3-6H2,2H3. The fourth-order valence-electron chi connectivity index (χ4n) is 1.19. The monoisotopic (exact) mass is 159 g/mol. The lowest BCUT2D eigenvalue weighted by atomic mass is 9.78. The van der Waals surface area contributed by atoms with Crippen molar-refractivity contribution in [3.05, 3.63) is 11.6 Å². The molecule has 0 radical (unpaired) electrons. The minimum Gasteiger partial charge on any atom is -0.307 e. The molecule has 0 bridgehead atoms. The van der Waals surface area contributed by atoms with E-state index in [1.807, 2.05) is 0 Å². The maximum Gasteiger partial charge on any atom is 0.0312 e. The minimum absolute atomic E-state index is 0.359. The topological polar surface area (TPSA) is 12.0 Å². The summed E-state index contributed by atoms with van der Waals surface area (Å²) in [6.45, 7) is 6.60. The van der Waals surface area contributed by atoms with Gasteiger partial charge in [-0.05, 0) is 26.2 Å². The van der Waals surface area contributed by atoms with E-state index in [4.69, 9.17) is 11.6 Å². The number of rotatable bonds is 3. The van der Waals surface area contributed by atoms with Crippen LogP contribution in [0.5, 0.6) is 0 Å². The summed E-state index contributed by atoms with van der Waals surface area (Å²) in [4.78, 5) is 0. The van der Waals surface area contributed by atoms with Crippen LogP contribution in [-0.4, -0.2) is 12.1 Å². The van der Waals surface area contributed by atoms with Gasteiger partial charge in [-0.1, -0.05) is 18.2 Å². The average molecular weight is 160 g/mol. The summed E-state index contributed by atoms with van der Waals surface area (Å²) in [5, 5.41) is 4.07. The summed E-state index contributed by atoms with van der Waals surface area (Å²) in [5.74, 6) is 0. The second-order valence-electron chi connectivity index (χ2n) is 3.29. The minimum atomic E-state index is 0.359. The molecule has 1 aliphatic rings. The highest BCUT2D eigenvalue weighted by molar-refractivity contribution is 6.29. The van der Waals surface area contributed by atoms with E-state index in [1.54, 1.807) is 0 Å². The van der Waals surface area contributed by atoms with E-state index in [0.717, 1.165) is 6.54 Å². The molecule has 1 nitrogen and oxygen atoms in total. The highest BCUT2D eigenvalue weighted by Gasteiger charge is 2.30. The molecule has 0 atom stereocenters. The number of nitrogens with one attached hydrogen (secondary N) is 1. The zero-order chi connectivity index (χ0) is 7.61. The first-order valence-corrected chi connectivity index (χ1v) is 4.08. The predicted molar refractivity (Wildman–Crippen MR) is 45.3 cm³/mol. The van der Waals surface area contributed by atoms with Crippen LogP contribution >= 0.6 is 11.6 Å². The molecule has 0 saturated heterocycles. The molecule has 1 saturated carbocycles. The first-order valence-electron chi connectivity index (χ1n) is 3.71. The Morgan fingerprint density at radius 2 is 2.30 bits per heavy atom. The van der Waals surface area contributed by atoms with Crippen LogP contribution in [0.4, 0.5) is 0 Å². The summed E-state index contributed by atoms with van der Waals surface area (Å²) >= 11 is 5.61. The van der Waals surface area contributed by atoms with Crippen molar-refractivity contribution in [3.63, 3.8) is 0 Å². The number of hydrogen-bond acceptors (Lipinski definition) is 1. The van der Waals surface area contributed by atoms with Crippen LogP contribution in [0.2, 0.25) is 0 Å². The largest absolute Gasteiger partial charge is 0.307 e. The molecule has 58 valence electrons. The Labute approximate surface area is 67.5 Å². The second-order valence-corrected chi connectivity index (χ2v) is 3.82.